The topological polar surface area (TPSA) is 45.2 Å². The number of hydrogen-bond donors (Lipinski definition) is 1. The van der Waals surface area contributed by atoms with Gasteiger partial charge in [-0.1, -0.05) is 12.1 Å². The molecule has 27 heavy (non-hydrogen) atoms. The van der Waals surface area contributed by atoms with E-state index in [1.54, 1.807) is 36.3 Å². The highest BCUT2D eigenvalue weighted by molar-refractivity contribution is 7.98. The van der Waals surface area contributed by atoms with Gasteiger partial charge < -0.3 is 10.2 Å². The summed E-state index contributed by atoms with van der Waals surface area (Å²) in [6.07, 6.45) is 10.1. The van der Waals surface area contributed by atoms with E-state index in [0.29, 0.717) is 0 Å². The molecule has 0 radical (unpaired) electrons. The summed E-state index contributed by atoms with van der Waals surface area (Å²) in [5.74, 6) is 2.34. The van der Waals surface area contributed by atoms with E-state index in [4.69, 9.17) is 0 Å². The van der Waals surface area contributed by atoms with Crippen molar-refractivity contribution < 1.29 is 4.79 Å². The summed E-state index contributed by atoms with van der Waals surface area (Å²) in [7, 11) is 0. The number of hydrogen-bond acceptors (Lipinski definition) is 4. The smallest absolute Gasteiger partial charge is 0.244 e. The minimum atomic E-state index is -0.0276. The van der Waals surface area contributed by atoms with Gasteiger partial charge in [-0.2, -0.15) is 0 Å². The zero-order valence-electron chi connectivity index (χ0n) is 15.5. The largest absolute Gasteiger partial charge is 0.371 e. The van der Waals surface area contributed by atoms with Crippen LogP contribution in [0.15, 0.2) is 59.8 Å². The van der Waals surface area contributed by atoms with Crippen molar-refractivity contribution in [2.45, 2.75) is 11.3 Å². The van der Waals surface area contributed by atoms with Gasteiger partial charge in [-0.25, -0.2) is 0 Å². The Morgan fingerprint density at radius 3 is 2.89 bits per heavy atom. The van der Waals surface area contributed by atoms with Crippen LogP contribution in [-0.4, -0.2) is 36.8 Å². The molecule has 1 aromatic carbocycles. The normalized spacial score (nSPS) is 23.4. The van der Waals surface area contributed by atoms with E-state index in [1.165, 1.54) is 10.6 Å². The van der Waals surface area contributed by atoms with Crippen molar-refractivity contribution in [3.05, 3.63) is 60.4 Å². The zero-order chi connectivity index (χ0) is 18.6. The molecule has 1 aliphatic heterocycles. The number of amides is 1. The first kappa shape index (κ1) is 18.1. The molecule has 5 heteroatoms. The van der Waals surface area contributed by atoms with Crippen LogP contribution in [-0.2, 0) is 4.79 Å². The fourth-order valence-electron chi connectivity index (χ4n) is 4.16. The third-order valence-corrected chi connectivity index (χ3v) is 6.40. The summed E-state index contributed by atoms with van der Waals surface area (Å²) in [6, 6.07) is 12.6. The Balaban J connectivity index is 1.18. The molecule has 1 aliphatic carbocycles. The second-order valence-electron chi connectivity index (χ2n) is 7.30. The Morgan fingerprint density at radius 1 is 1.30 bits per heavy atom. The molecule has 1 amide bonds. The Kier molecular flexibility index (Phi) is 5.48. The Labute approximate surface area is 165 Å². The van der Waals surface area contributed by atoms with Crippen LogP contribution < -0.4 is 10.2 Å². The lowest BCUT2D eigenvalue weighted by molar-refractivity contribution is -0.116. The lowest BCUT2D eigenvalue weighted by atomic mass is 10.2. The van der Waals surface area contributed by atoms with Crippen molar-refractivity contribution in [1.82, 2.24) is 10.3 Å². The van der Waals surface area contributed by atoms with E-state index in [0.717, 1.165) is 49.4 Å². The molecule has 1 aromatic heterocycles. The third kappa shape index (κ3) is 4.35. The average Bonchev–Trinajstić information content (AvgIpc) is 3.15. The number of benzene rings is 1. The maximum Gasteiger partial charge on any atom is 0.244 e. The van der Waals surface area contributed by atoms with E-state index in [-0.39, 0.29) is 5.91 Å². The van der Waals surface area contributed by atoms with Crippen molar-refractivity contribution in [3.63, 3.8) is 0 Å². The summed E-state index contributed by atoms with van der Waals surface area (Å²) in [4.78, 5) is 19.8. The average molecular weight is 380 g/mol. The number of carbonyl (C=O) groups is 1. The Bertz CT molecular complexity index is 811. The van der Waals surface area contributed by atoms with Crippen LogP contribution in [0.25, 0.3) is 6.08 Å². The van der Waals surface area contributed by atoms with Gasteiger partial charge in [0.05, 0.1) is 0 Å². The summed E-state index contributed by atoms with van der Waals surface area (Å²) in [6.45, 7) is 3.07. The van der Waals surface area contributed by atoms with Crippen molar-refractivity contribution >= 4 is 29.4 Å². The van der Waals surface area contributed by atoms with Crippen LogP contribution in [0.1, 0.15) is 12.0 Å². The van der Waals surface area contributed by atoms with E-state index in [1.807, 2.05) is 12.1 Å². The molecule has 0 bridgehead atoms. The van der Waals surface area contributed by atoms with Crippen LogP contribution in [0.5, 0.6) is 0 Å². The maximum absolute atomic E-state index is 11.9. The number of carbonyl (C=O) groups excluding carboxylic acids is 1. The highest BCUT2D eigenvalue weighted by Crippen LogP contribution is 2.54. The number of thioether (sulfide) groups is 1. The minimum Gasteiger partial charge on any atom is -0.371 e. The van der Waals surface area contributed by atoms with E-state index < -0.39 is 0 Å². The van der Waals surface area contributed by atoms with Gasteiger partial charge in [-0.05, 0) is 66.3 Å². The molecule has 1 saturated heterocycles. The Morgan fingerprint density at radius 2 is 2.15 bits per heavy atom. The molecular weight excluding hydrogens is 354 g/mol. The maximum atomic E-state index is 11.9. The molecule has 4 nitrogen and oxygen atoms in total. The van der Waals surface area contributed by atoms with Crippen LogP contribution >= 0.6 is 11.8 Å². The number of fused-ring (bicyclic) bond motifs is 1. The van der Waals surface area contributed by atoms with Gasteiger partial charge in [0, 0.05) is 48.7 Å². The van der Waals surface area contributed by atoms with Crippen molar-refractivity contribution in [2.75, 3.05) is 30.8 Å². The van der Waals surface area contributed by atoms with E-state index >= 15 is 0 Å². The highest BCUT2D eigenvalue weighted by atomic mass is 32.2. The molecule has 2 aliphatic rings. The van der Waals surface area contributed by atoms with E-state index in [2.05, 4.69) is 45.7 Å². The monoisotopic (exact) mass is 379 g/mol. The summed E-state index contributed by atoms with van der Waals surface area (Å²) < 4.78 is 0. The molecule has 4 rings (SSSR count). The highest BCUT2D eigenvalue weighted by Gasteiger charge is 2.54. The number of anilines is 1. The third-order valence-electron chi connectivity index (χ3n) is 5.68. The molecule has 1 unspecified atom stereocenters. The lowest BCUT2D eigenvalue weighted by Gasteiger charge is -2.22. The van der Waals surface area contributed by atoms with Crippen molar-refractivity contribution in [1.29, 1.82) is 0 Å². The Hall–Kier alpha value is -2.27. The lowest BCUT2D eigenvalue weighted by Crippen LogP contribution is -2.26. The molecule has 2 aromatic rings. The van der Waals surface area contributed by atoms with Crippen LogP contribution in [0.2, 0.25) is 0 Å². The number of aromatic nitrogens is 1. The fourth-order valence-corrected chi connectivity index (χ4v) is 4.62. The molecule has 2 heterocycles. The predicted molar refractivity (Wildman–Crippen MR) is 112 cm³/mol. The number of nitrogens with one attached hydrogen (secondary N) is 1. The zero-order valence-corrected chi connectivity index (χ0v) is 16.4. The molecule has 1 saturated carbocycles. The second kappa shape index (κ2) is 8.17. The van der Waals surface area contributed by atoms with Crippen molar-refractivity contribution in [2.24, 2.45) is 17.8 Å². The minimum absolute atomic E-state index is 0.0276. The van der Waals surface area contributed by atoms with Gasteiger partial charge in [0.1, 0.15) is 0 Å². The fraction of sp³-hybridized carbons (Fsp3) is 0.364. The van der Waals surface area contributed by atoms with Gasteiger partial charge in [-0.15, -0.1) is 11.8 Å². The second-order valence-corrected chi connectivity index (χ2v) is 8.18. The van der Waals surface area contributed by atoms with Crippen LogP contribution in [0, 0.1) is 17.8 Å². The number of rotatable bonds is 7. The molecular formula is C22H25N3OS. The standard InChI is InChI=1S/C22H25N3OS/c1-27-18-6-2-5-17(12-18)25-14-20-19(21(20)15-25)9-11-24-22(26)8-7-16-4-3-10-23-13-16/h2-8,10,12-13,19-21H,9,11,14-15H2,1H3,(H,24,26)/b8-7+/t19?,20-,21+. The first-order valence-corrected chi connectivity index (χ1v) is 10.7. The summed E-state index contributed by atoms with van der Waals surface area (Å²) in [5.41, 5.74) is 2.29. The van der Waals surface area contributed by atoms with Gasteiger partial charge in [0.25, 0.3) is 0 Å². The SMILES string of the molecule is CSc1cccc(N2C[C@@H]3C(CCNC(=O)/C=C/c4cccnc4)[C@@H]3C2)c1. The van der Waals surface area contributed by atoms with Crippen molar-refractivity contribution in [3.8, 4) is 0 Å². The summed E-state index contributed by atoms with van der Waals surface area (Å²) in [5, 5.41) is 3.01. The van der Waals surface area contributed by atoms with Gasteiger partial charge in [0.15, 0.2) is 0 Å². The number of pyridine rings is 1. The first-order valence-electron chi connectivity index (χ1n) is 9.49. The van der Waals surface area contributed by atoms with Gasteiger partial charge in [0.2, 0.25) is 5.91 Å². The molecule has 2 fully saturated rings. The van der Waals surface area contributed by atoms with Crippen LogP contribution in [0.3, 0.4) is 0 Å². The van der Waals surface area contributed by atoms with Crippen LogP contribution in [0.4, 0.5) is 5.69 Å². The van der Waals surface area contributed by atoms with E-state index in [9.17, 15) is 4.79 Å². The predicted octanol–water partition coefficient (Wildman–Crippen LogP) is 3.71. The molecule has 140 valence electrons. The quantitative estimate of drug-likeness (QED) is 0.588. The number of piperidine rings is 1. The molecule has 0 spiro atoms. The van der Waals surface area contributed by atoms with Gasteiger partial charge in [-0.3, -0.25) is 9.78 Å². The van der Waals surface area contributed by atoms with Gasteiger partial charge >= 0.3 is 0 Å². The first-order chi connectivity index (χ1) is 13.2. The summed E-state index contributed by atoms with van der Waals surface area (Å²) >= 11 is 1.79. The number of nitrogens with zero attached hydrogens (tertiary/aromatic N) is 2. The molecule has 3 atom stereocenters. The molecule has 1 N–H and O–H groups in total.